The Kier molecular flexibility index (Phi) is 5.83. The molecule has 4 heterocycles. The second kappa shape index (κ2) is 8.50. The summed E-state index contributed by atoms with van der Waals surface area (Å²) in [6, 6.07) is 0.378. The first-order valence-corrected chi connectivity index (χ1v) is 13.1. The monoisotopic (exact) mass is 436 g/mol. The Labute approximate surface area is 186 Å². The molecule has 7 rings (SSSR count). The lowest BCUT2D eigenvalue weighted by Gasteiger charge is -2.45. The van der Waals surface area contributed by atoms with E-state index in [0.29, 0.717) is 18.1 Å². The number of nitrogens with one attached hydrogen (secondary N) is 1. The summed E-state index contributed by atoms with van der Waals surface area (Å²) in [7, 11) is 0. The van der Waals surface area contributed by atoms with Crippen molar-refractivity contribution in [3.63, 3.8) is 0 Å². The number of nitrogens with zero attached hydrogens (tertiary/aromatic N) is 1. The van der Waals surface area contributed by atoms with Gasteiger partial charge in [-0.15, -0.1) is 0 Å². The third kappa shape index (κ3) is 4.09. The lowest BCUT2D eigenvalue weighted by molar-refractivity contribution is -0.104. The smallest absolute Gasteiger partial charge is 0.106 e. The Morgan fingerprint density at radius 2 is 1.81 bits per heavy atom. The first-order chi connectivity index (χ1) is 15.2. The SMILES string of the molecule is FC1CCCC2OCC3(CC3)CN3CC[C@@]4(COCCN4)[C@@H]3COC3CCC(CC3)C12. The lowest BCUT2D eigenvalue weighted by atomic mass is 9.70. The van der Waals surface area contributed by atoms with Crippen LogP contribution in [0.4, 0.5) is 4.39 Å². The average molecular weight is 437 g/mol. The fourth-order valence-electron chi connectivity index (χ4n) is 7.55. The molecule has 176 valence electrons. The summed E-state index contributed by atoms with van der Waals surface area (Å²) in [5.41, 5.74) is 0.315. The van der Waals surface area contributed by atoms with Gasteiger partial charge in [0.05, 0.1) is 50.2 Å². The topological polar surface area (TPSA) is 43.0 Å². The molecule has 6 heteroatoms. The summed E-state index contributed by atoms with van der Waals surface area (Å²) in [5, 5.41) is 3.84. The van der Waals surface area contributed by atoms with Crippen LogP contribution >= 0.6 is 0 Å². The first-order valence-electron chi connectivity index (χ1n) is 13.1. The molecule has 4 aliphatic heterocycles. The molecule has 7 aliphatic rings. The van der Waals surface area contributed by atoms with E-state index in [1.54, 1.807) is 0 Å². The first kappa shape index (κ1) is 21.3. The van der Waals surface area contributed by atoms with E-state index in [1.807, 2.05) is 0 Å². The summed E-state index contributed by atoms with van der Waals surface area (Å²) < 4.78 is 34.3. The van der Waals surface area contributed by atoms with Gasteiger partial charge in [-0.05, 0) is 70.1 Å². The molecule has 3 aliphatic carbocycles. The largest absolute Gasteiger partial charge is 0.378 e. The number of hydrogen-bond acceptors (Lipinski definition) is 5. The summed E-state index contributed by atoms with van der Waals surface area (Å²) in [6.07, 6.45) is 10.5. The molecule has 0 aromatic carbocycles. The average Bonchev–Trinajstić information content (AvgIpc) is 3.49. The predicted molar refractivity (Wildman–Crippen MR) is 117 cm³/mol. The van der Waals surface area contributed by atoms with E-state index in [1.165, 1.54) is 12.8 Å². The van der Waals surface area contributed by atoms with Gasteiger partial charge in [0.2, 0.25) is 0 Å². The van der Waals surface area contributed by atoms with Gasteiger partial charge < -0.3 is 19.5 Å². The quantitative estimate of drug-likeness (QED) is 0.631. The zero-order chi connectivity index (χ0) is 20.9. The number of ether oxygens (including phenoxy) is 3. The zero-order valence-corrected chi connectivity index (χ0v) is 19.0. The molecular formula is C25H41FN2O3. The molecule has 4 saturated heterocycles. The van der Waals surface area contributed by atoms with Crippen molar-refractivity contribution in [1.29, 1.82) is 0 Å². The normalized spacial score (nSPS) is 48.3. The summed E-state index contributed by atoms with van der Waals surface area (Å²) in [5.74, 6) is 0.584. The Morgan fingerprint density at radius 3 is 2.58 bits per heavy atom. The van der Waals surface area contributed by atoms with Crippen molar-refractivity contribution in [2.75, 3.05) is 46.1 Å². The molecular weight excluding hydrogens is 395 g/mol. The molecule has 1 N–H and O–H groups in total. The van der Waals surface area contributed by atoms with Crippen LogP contribution < -0.4 is 5.32 Å². The van der Waals surface area contributed by atoms with Gasteiger partial charge in [0, 0.05) is 31.0 Å². The molecule has 5 atom stereocenters. The fourth-order valence-corrected chi connectivity index (χ4v) is 7.55. The van der Waals surface area contributed by atoms with E-state index in [-0.39, 0.29) is 23.0 Å². The maximum atomic E-state index is 15.1. The van der Waals surface area contributed by atoms with E-state index in [0.717, 1.165) is 97.4 Å². The summed E-state index contributed by atoms with van der Waals surface area (Å²) in [4.78, 5) is 2.69. The van der Waals surface area contributed by atoms with Crippen LogP contribution in [-0.4, -0.2) is 80.9 Å². The minimum absolute atomic E-state index is 0.0410. The third-order valence-corrected chi connectivity index (χ3v) is 9.67. The molecule has 2 spiro atoms. The molecule has 5 nitrogen and oxygen atoms in total. The molecule has 0 aromatic rings. The van der Waals surface area contributed by atoms with Crippen molar-refractivity contribution in [3.05, 3.63) is 0 Å². The second-order valence-electron chi connectivity index (χ2n) is 11.6. The van der Waals surface area contributed by atoms with Crippen LogP contribution in [0.3, 0.4) is 0 Å². The molecule has 31 heavy (non-hydrogen) atoms. The Morgan fingerprint density at radius 1 is 0.935 bits per heavy atom. The van der Waals surface area contributed by atoms with Crippen LogP contribution in [0.25, 0.3) is 0 Å². The highest BCUT2D eigenvalue weighted by atomic mass is 19.1. The van der Waals surface area contributed by atoms with Crippen LogP contribution in [-0.2, 0) is 14.2 Å². The number of morpholine rings is 1. The van der Waals surface area contributed by atoms with Crippen LogP contribution in [0.2, 0.25) is 0 Å². The van der Waals surface area contributed by atoms with Gasteiger partial charge in [-0.1, -0.05) is 0 Å². The fraction of sp³-hybridized carbons (Fsp3) is 1.00. The molecule has 0 aromatic heterocycles. The lowest BCUT2D eigenvalue weighted by Crippen LogP contribution is -2.63. The van der Waals surface area contributed by atoms with Gasteiger partial charge in [0.25, 0.3) is 0 Å². The molecule has 2 bridgehead atoms. The number of halogens is 1. The number of fused-ring (bicyclic) bond motifs is 4. The summed E-state index contributed by atoms with van der Waals surface area (Å²) >= 11 is 0. The standard InChI is InChI=1S/C25H41FN2O3/c26-20-2-1-3-21-23(20)18-4-6-19(7-5-18)30-14-22-25(17-29-13-11-27-25)10-12-28(22)15-24(8-9-24)16-31-21/h18-23,27H,1-17H2/t18?,19?,20?,21?,22-,23?,25+/m0/s1. The Hall–Kier alpha value is -0.270. The van der Waals surface area contributed by atoms with Crippen LogP contribution in [0, 0.1) is 17.3 Å². The molecule has 0 radical (unpaired) electrons. The second-order valence-corrected chi connectivity index (χ2v) is 11.6. The van der Waals surface area contributed by atoms with Gasteiger partial charge in [-0.2, -0.15) is 0 Å². The van der Waals surface area contributed by atoms with Gasteiger partial charge in [-0.25, -0.2) is 4.39 Å². The highest BCUT2D eigenvalue weighted by molar-refractivity contribution is 5.10. The minimum Gasteiger partial charge on any atom is -0.378 e. The highest BCUT2D eigenvalue weighted by Gasteiger charge is 2.54. The maximum absolute atomic E-state index is 15.1. The van der Waals surface area contributed by atoms with Crippen molar-refractivity contribution in [2.24, 2.45) is 17.3 Å². The van der Waals surface area contributed by atoms with E-state index >= 15 is 4.39 Å². The number of alkyl halides is 1. The predicted octanol–water partition coefficient (Wildman–Crippen LogP) is 3.31. The molecule has 3 saturated carbocycles. The van der Waals surface area contributed by atoms with Crippen molar-refractivity contribution in [2.45, 2.75) is 94.2 Å². The highest BCUT2D eigenvalue weighted by Crippen LogP contribution is 2.50. The van der Waals surface area contributed by atoms with Gasteiger partial charge in [-0.3, -0.25) is 4.90 Å². The van der Waals surface area contributed by atoms with Gasteiger partial charge in [0.1, 0.15) is 6.17 Å². The number of rotatable bonds is 0. The van der Waals surface area contributed by atoms with Crippen LogP contribution in [0.5, 0.6) is 0 Å². The third-order valence-electron chi connectivity index (χ3n) is 9.67. The number of hydrogen-bond donors (Lipinski definition) is 1. The van der Waals surface area contributed by atoms with Crippen molar-refractivity contribution >= 4 is 0 Å². The maximum Gasteiger partial charge on any atom is 0.106 e. The van der Waals surface area contributed by atoms with Crippen molar-refractivity contribution < 1.29 is 18.6 Å². The van der Waals surface area contributed by atoms with E-state index in [2.05, 4.69) is 10.2 Å². The molecule has 0 amide bonds. The van der Waals surface area contributed by atoms with E-state index in [4.69, 9.17) is 14.2 Å². The van der Waals surface area contributed by atoms with Crippen molar-refractivity contribution in [1.82, 2.24) is 10.2 Å². The molecule has 3 unspecified atom stereocenters. The molecule has 7 fully saturated rings. The zero-order valence-electron chi connectivity index (χ0n) is 19.0. The Balaban J connectivity index is 1.24. The minimum atomic E-state index is -0.676. The Bertz CT molecular complexity index is 630. The summed E-state index contributed by atoms with van der Waals surface area (Å²) in [6.45, 7) is 6.37. The van der Waals surface area contributed by atoms with Crippen molar-refractivity contribution in [3.8, 4) is 0 Å². The van der Waals surface area contributed by atoms with E-state index in [9.17, 15) is 0 Å². The van der Waals surface area contributed by atoms with Gasteiger partial charge >= 0.3 is 0 Å². The van der Waals surface area contributed by atoms with E-state index < -0.39 is 6.17 Å². The van der Waals surface area contributed by atoms with Crippen LogP contribution in [0.1, 0.15) is 64.2 Å². The van der Waals surface area contributed by atoms with Gasteiger partial charge in [0.15, 0.2) is 0 Å². The van der Waals surface area contributed by atoms with Crippen LogP contribution in [0.15, 0.2) is 0 Å².